The van der Waals surface area contributed by atoms with Crippen LogP contribution in [0.5, 0.6) is 10.8 Å². The van der Waals surface area contributed by atoms with Gasteiger partial charge in [-0.05, 0) is 31.7 Å². The second-order valence-electron chi connectivity index (χ2n) is 8.59. The van der Waals surface area contributed by atoms with Gasteiger partial charge in [-0.2, -0.15) is 0 Å². The van der Waals surface area contributed by atoms with Crippen LogP contribution < -0.4 is 10.1 Å². The Morgan fingerprint density at radius 1 is 1.03 bits per heavy atom. The van der Waals surface area contributed by atoms with Crippen LogP contribution in [-0.2, 0) is 6.42 Å². The van der Waals surface area contributed by atoms with E-state index in [0.29, 0.717) is 22.9 Å². The fourth-order valence-corrected chi connectivity index (χ4v) is 4.81. The van der Waals surface area contributed by atoms with E-state index in [2.05, 4.69) is 34.2 Å². The average molecular weight is 501 g/mol. The smallest absolute Gasteiger partial charge is 0.255 e. The first-order valence-corrected chi connectivity index (χ1v) is 12.8. The van der Waals surface area contributed by atoms with Crippen molar-refractivity contribution in [2.45, 2.75) is 13.3 Å². The Morgan fingerprint density at radius 2 is 1.83 bits per heavy atom. The van der Waals surface area contributed by atoms with Crippen molar-refractivity contribution in [3.05, 3.63) is 77.6 Å². The highest BCUT2D eigenvalue weighted by atomic mass is 32.1. The molecule has 4 heterocycles. The summed E-state index contributed by atoms with van der Waals surface area (Å²) in [6.45, 7) is 5.33. The maximum atomic E-state index is 12.8. The molecule has 0 radical (unpaired) electrons. The van der Waals surface area contributed by atoms with Gasteiger partial charge in [0.2, 0.25) is 5.06 Å². The second-order valence-corrected chi connectivity index (χ2v) is 9.64. The monoisotopic (exact) mass is 500 g/mol. The Morgan fingerprint density at radius 3 is 2.56 bits per heavy atom. The molecule has 1 aliphatic heterocycles. The molecule has 36 heavy (non-hydrogen) atoms. The zero-order valence-corrected chi connectivity index (χ0v) is 21.2. The van der Waals surface area contributed by atoms with Gasteiger partial charge >= 0.3 is 0 Å². The lowest BCUT2D eigenvalue weighted by molar-refractivity contribution is 0.0663. The van der Waals surface area contributed by atoms with Gasteiger partial charge in [0.25, 0.3) is 5.91 Å². The molecule has 1 N–H and O–H groups in total. The number of nitrogens with zero attached hydrogens (tertiary/aromatic N) is 5. The molecule has 3 aromatic heterocycles. The van der Waals surface area contributed by atoms with Crippen LogP contribution in [0.2, 0.25) is 0 Å². The standard InChI is InChI=1S/C27H28N6O2S/c1-3-24-31-25(19-7-5-4-6-8-19)27(36-24)35-21-11-12-28-23(17-21)30-22-10-9-20(18-29-22)26(34)33-15-13-32(2)14-16-33/h4-12,17-18H,3,13-16H2,1-2H3,(H,28,29,30). The quantitative estimate of drug-likeness (QED) is 0.379. The maximum Gasteiger partial charge on any atom is 0.255 e. The molecular weight excluding hydrogens is 472 g/mol. The molecule has 0 saturated carbocycles. The molecule has 0 spiro atoms. The molecule has 9 heteroatoms. The van der Waals surface area contributed by atoms with Gasteiger partial charge in [0, 0.05) is 50.2 Å². The number of piperazine rings is 1. The van der Waals surface area contributed by atoms with Crippen LogP contribution in [0.4, 0.5) is 11.6 Å². The zero-order chi connectivity index (χ0) is 24.9. The molecular formula is C27H28N6O2S. The summed E-state index contributed by atoms with van der Waals surface area (Å²) in [4.78, 5) is 30.4. The summed E-state index contributed by atoms with van der Waals surface area (Å²) in [6.07, 6.45) is 4.14. The van der Waals surface area contributed by atoms with Crippen LogP contribution in [0.25, 0.3) is 11.3 Å². The minimum Gasteiger partial charge on any atom is -0.444 e. The predicted octanol–water partition coefficient (Wildman–Crippen LogP) is 5.09. The number of rotatable bonds is 7. The van der Waals surface area contributed by atoms with Crippen molar-refractivity contribution in [1.29, 1.82) is 0 Å². The van der Waals surface area contributed by atoms with Crippen LogP contribution in [0, 0.1) is 0 Å². The number of hydrogen-bond donors (Lipinski definition) is 1. The lowest BCUT2D eigenvalue weighted by atomic mass is 10.2. The van der Waals surface area contributed by atoms with Crippen LogP contribution >= 0.6 is 11.3 Å². The van der Waals surface area contributed by atoms with Crippen molar-refractivity contribution in [3.63, 3.8) is 0 Å². The number of ether oxygens (including phenoxy) is 1. The molecule has 8 nitrogen and oxygen atoms in total. The number of carbonyl (C=O) groups excluding carboxylic acids is 1. The number of thiazole rings is 1. The summed E-state index contributed by atoms with van der Waals surface area (Å²) >= 11 is 1.55. The molecule has 5 rings (SSSR count). The first kappa shape index (κ1) is 23.9. The van der Waals surface area contributed by atoms with Gasteiger partial charge in [-0.1, -0.05) is 48.6 Å². The highest BCUT2D eigenvalue weighted by molar-refractivity contribution is 7.14. The number of aryl methyl sites for hydroxylation is 1. The highest BCUT2D eigenvalue weighted by Crippen LogP contribution is 2.38. The largest absolute Gasteiger partial charge is 0.444 e. The molecule has 1 aliphatic rings. The number of carbonyl (C=O) groups is 1. The summed E-state index contributed by atoms with van der Waals surface area (Å²) < 4.78 is 6.25. The summed E-state index contributed by atoms with van der Waals surface area (Å²) in [5, 5.41) is 4.97. The number of nitrogens with one attached hydrogen (secondary N) is 1. The topological polar surface area (TPSA) is 83.5 Å². The molecule has 4 aromatic rings. The first-order chi connectivity index (χ1) is 17.6. The number of aromatic nitrogens is 3. The molecule has 0 unspecified atom stereocenters. The Kier molecular flexibility index (Phi) is 7.20. The Hall–Kier alpha value is -3.82. The number of pyridine rings is 2. The van der Waals surface area contributed by atoms with Gasteiger partial charge in [-0.25, -0.2) is 15.0 Å². The molecule has 1 aromatic carbocycles. The number of hydrogen-bond acceptors (Lipinski definition) is 8. The summed E-state index contributed by atoms with van der Waals surface area (Å²) in [7, 11) is 2.07. The van der Waals surface area contributed by atoms with E-state index in [0.717, 1.165) is 53.9 Å². The third-order valence-electron chi connectivity index (χ3n) is 5.99. The second kappa shape index (κ2) is 10.8. The lowest BCUT2D eigenvalue weighted by Crippen LogP contribution is -2.47. The number of amides is 1. The SMILES string of the molecule is CCc1nc(-c2ccccc2)c(Oc2ccnc(Nc3ccc(C(=O)N4CCN(C)CC4)cn3)c2)s1. The van der Waals surface area contributed by atoms with E-state index in [1.54, 1.807) is 35.9 Å². The molecule has 1 fully saturated rings. The number of anilines is 2. The van der Waals surface area contributed by atoms with Gasteiger partial charge in [-0.15, -0.1) is 0 Å². The molecule has 0 bridgehead atoms. The van der Waals surface area contributed by atoms with E-state index in [4.69, 9.17) is 9.72 Å². The molecule has 0 aliphatic carbocycles. The van der Waals surface area contributed by atoms with Gasteiger partial charge in [0.1, 0.15) is 23.1 Å². The van der Waals surface area contributed by atoms with E-state index in [1.165, 1.54) is 0 Å². The van der Waals surface area contributed by atoms with Crippen LogP contribution in [0.1, 0.15) is 22.3 Å². The first-order valence-electron chi connectivity index (χ1n) is 12.0. The van der Waals surface area contributed by atoms with Crippen molar-refractivity contribution in [2.24, 2.45) is 0 Å². The van der Waals surface area contributed by atoms with Crippen molar-refractivity contribution in [2.75, 3.05) is 38.5 Å². The lowest BCUT2D eigenvalue weighted by Gasteiger charge is -2.32. The molecule has 184 valence electrons. The van der Waals surface area contributed by atoms with Crippen molar-refractivity contribution in [3.8, 4) is 22.1 Å². The van der Waals surface area contributed by atoms with Crippen molar-refractivity contribution >= 4 is 28.9 Å². The molecule has 1 saturated heterocycles. The van der Waals surface area contributed by atoms with Gasteiger partial charge in [0.05, 0.1) is 10.6 Å². The highest BCUT2D eigenvalue weighted by Gasteiger charge is 2.20. The Balaban J connectivity index is 1.28. The van der Waals surface area contributed by atoms with Gasteiger partial charge < -0.3 is 19.9 Å². The van der Waals surface area contributed by atoms with E-state index >= 15 is 0 Å². The van der Waals surface area contributed by atoms with Crippen LogP contribution in [0.15, 0.2) is 67.0 Å². The van der Waals surface area contributed by atoms with Gasteiger partial charge in [0.15, 0.2) is 0 Å². The van der Waals surface area contributed by atoms with E-state index in [9.17, 15) is 4.79 Å². The Bertz CT molecular complexity index is 1320. The van der Waals surface area contributed by atoms with Crippen molar-refractivity contribution < 1.29 is 9.53 Å². The normalized spacial score (nSPS) is 14.0. The van der Waals surface area contributed by atoms with Crippen LogP contribution in [0.3, 0.4) is 0 Å². The summed E-state index contributed by atoms with van der Waals surface area (Å²) in [6, 6.07) is 17.3. The zero-order valence-electron chi connectivity index (χ0n) is 20.3. The minimum absolute atomic E-state index is 0.0147. The fraction of sp³-hybridized carbons (Fsp3) is 0.259. The van der Waals surface area contributed by atoms with Gasteiger partial charge in [-0.3, -0.25) is 4.79 Å². The number of benzene rings is 1. The van der Waals surface area contributed by atoms with E-state index in [1.807, 2.05) is 47.4 Å². The molecule has 0 atom stereocenters. The summed E-state index contributed by atoms with van der Waals surface area (Å²) in [5.41, 5.74) is 2.44. The summed E-state index contributed by atoms with van der Waals surface area (Å²) in [5.74, 6) is 1.86. The van der Waals surface area contributed by atoms with Crippen molar-refractivity contribution in [1.82, 2.24) is 24.8 Å². The third-order valence-corrected chi connectivity index (χ3v) is 7.07. The van der Waals surface area contributed by atoms with E-state index < -0.39 is 0 Å². The predicted molar refractivity (Wildman–Crippen MR) is 142 cm³/mol. The third kappa shape index (κ3) is 5.53. The van der Waals surface area contributed by atoms with E-state index in [-0.39, 0.29) is 5.91 Å². The number of likely N-dealkylation sites (N-methyl/N-ethyl adjacent to an activating group) is 1. The fourth-order valence-electron chi connectivity index (χ4n) is 3.92. The average Bonchev–Trinajstić information content (AvgIpc) is 3.33. The maximum absolute atomic E-state index is 12.8. The minimum atomic E-state index is 0.0147. The molecule has 1 amide bonds. The van der Waals surface area contributed by atoms with Crippen LogP contribution in [-0.4, -0.2) is 63.9 Å². The Labute approximate surface area is 214 Å².